The Morgan fingerprint density at radius 1 is 0.848 bits per heavy atom. The third-order valence-corrected chi connectivity index (χ3v) is 16.7. The summed E-state index contributed by atoms with van der Waals surface area (Å²) in [7, 11) is -4.30. The number of carbonyl (C=O) groups is 2. The van der Waals surface area contributed by atoms with E-state index in [1.54, 1.807) is 6.92 Å². The summed E-state index contributed by atoms with van der Waals surface area (Å²) in [6.07, 6.45) is -3.02. The topological polar surface area (TPSA) is 103 Å². The number of aliphatic hydroxyl groups is 1. The molecule has 0 spiro atoms. The van der Waals surface area contributed by atoms with E-state index in [1.807, 2.05) is 0 Å². The molecular formula is C23H47NO7Si2. The van der Waals surface area contributed by atoms with Gasteiger partial charge in [0.05, 0.1) is 25.4 Å². The van der Waals surface area contributed by atoms with Gasteiger partial charge in [-0.05, 0) is 43.2 Å². The SMILES string of the molecule is CCOC(=O)C1O[C@H](CO)[C@@H](O[Si](CC)(CC)CC)[C@H](O[Si](CC)(CC)CC)C1NC(C)=O. The van der Waals surface area contributed by atoms with E-state index in [0.29, 0.717) is 0 Å². The minimum absolute atomic E-state index is 0.190. The minimum Gasteiger partial charge on any atom is -0.464 e. The highest BCUT2D eigenvalue weighted by atomic mass is 28.4. The molecule has 1 saturated heterocycles. The van der Waals surface area contributed by atoms with E-state index in [9.17, 15) is 14.7 Å². The largest absolute Gasteiger partial charge is 0.464 e. The van der Waals surface area contributed by atoms with Crippen LogP contribution < -0.4 is 5.32 Å². The van der Waals surface area contributed by atoms with Crippen molar-refractivity contribution < 1.29 is 33.0 Å². The number of carbonyl (C=O) groups excluding carboxylic acids is 2. The van der Waals surface area contributed by atoms with Crippen molar-refractivity contribution in [2.75, 3.05) is 13.2 Å². The van der Waals surface area contributed by atoms with Gasteiger partial charge in [0.25, 0.3) is 0 Å². The Balaban J connectivity index is 3.62. The number of nitrogens with one attached hydrogen (secondary N) is 1. The highest BCUT2D eigenvalue weighted by Gasteiger charge is 2.54. The maximum Gasteiger partial charge on any atom is 0.337 e. The number of aliphatic hydroxyl groups excluding tert-OH is 1. The Morgan fingerprint density at radius 2 is 1.30 bits per heavy atom. The van der Waals surface area contributed by atoms with Gasteiger partial charge in [-0.15, -0.1) is 0 Å². The van der Waals surface area contributed by atoms with E-state index in [4.69, 9.17) is 18.3 Å². The van der Waals surface area contributed by atoms with Crippen LogP contribution in [0.5, 0.6) is 0 Å². The fourth-order valence-electron chi connectivity index (χ4n) is 4.77. The quantitative estimate of drug-likeness (QED) is 0.275. The van der Waals surface area contributed by atoms with Crippen LogP contribution in [-0.2, 0) is 27.9 Å². The molecule has 1 amide bonds. The summed E-state index contributed by atoms with van der Waals surface area (Å²) in [5, 5.41) is 13.2. The summed E-state index contributed by atoms with van der Waals surface area (Å²) in [4.78, 5) is 25.1. The molecule has 33 heavy (non-hydrogen) atoms. The molecule has 1 rings (SSSR count). The molecule has 0 aliphatic carbocycles. The monoisotopic (exact) mass is 505 g/mol. The summed E-state index contributed by atoms with van der Waals surface area (Å²) < 4.78 is 25.2. The summed E-state index contributed by atoms with van der Waals surface area (Å²) in [6, 6.07) is 4.72. The zero-order chi connectivity index (χ0) is 25.2. The van der Waals surface area contributed by atoms with Gasteiger partial charge in [0.2, 0.25) is 5.91 Å². The molecule has 1 heterocycles. The van der Waals surface area contributed by atoms with Crippen molar-refractivity contribution in [3.05, 3.63) is 0 Å². The summed E-state index contributed by atoms with van der Waals surface area (Å²) >= 11 is 0. The molecule has 1 aliphatic rings. The predicted octanol–water partition coefficient (Wildman–Crippen LogP) is 3.59. The predicted molar refractivity (Wildman–Crippen MR) is 134 cm³/mol. The van der Waals surface area contributed by atoms with Gasteiger partial charge in [-0.1, -0.05) is 41.5 Å². The van der Waals surface area contributed by atoms with Crippen LogP contribution in [0.2, 0.25) is 36.3 Å². The number of rotatable bonds is 14. The van der Waals surface area contributed by atoms with E-state index in [-0.39, 0.29) is 19.1 Å². The zero-order valence-corrected chi connectivity index (χ0v) is 23.9. The van der Waals surface area contributed by atoms with Crippen molar-refractivity contribution in [1.82, 2.24) is 5.32 Å². The van der Waals surface area contributed by atoms with E-state index in [1.165, 1.54) is 6.92 Å². The highest BCUT2D eigenvalue weighted by molar-refractivity contribution is 6.74. The van der Waals surface area contributed by atoms with E-state index in [2.05, 4.69) is 46.9 Å². The molecule has 10 heteroatoms. The lowest BCUT2D eigenvalue weighted by Crippen LogP contribution is -2.70. The second-order valence-electron chi connectivity index (χ2n) is 8.91. The number of esters is 1. The van der Waals surface area contributed by atoms with Gasteiger partial charge in [-0.2, -0.15) is 0 Å². The van der Waals surface area contributed by atoms with Crippen molar-refractivity contribution in [1.29, 1.82) is 0 Å². The first kappa shape index (κ1) is 30.2. The maximum absolute atomic E-state index is 12.9. The van der Waals surface area contributed by atoms with Gasteiger partial charge in [0.15, 0.2) is 22.7 Å². The van der Waals surface area contributed by atoms with Gasteiger partial charge >= 0.3 is 5.97 Å². The third kappa shape index (κ3) is 7.35. The van der Waals surface area contributed by atoms with Crippen LogP contribution in [0, 0.1) is 0 Å². The molecule has 5 atom stereocenters. The Kier molecular flexibility index (Phi) is 12.8. The van der Waals surface area contributed by atoms with Crippen molar-refractivity contribution >= 4 is 28.5 Å². The van der Waals surface area contributed by atoms with Crippen molar-refractivity contribution in [3.8, 4) is 0 Å². The molecule has 0 aromatic carbocycles. The molecule has 0 saturated carbocycles. The standard InChI is InChI=1S/C23H47NO7Si2/c1-9-28-23(27)22-19(24-17(8)26)21(31-33(13-5,14-6)15-7)20(18(16-25)29-22)30-32(10-2,11-3)12-4/h18-22,25H,9-16H2,1-8H3,(H,24,26)/t18-,19?,20-,21-,22?/m1/s1. The van der Waals surface area contributed by atoms with Crippen LogP contribution in [0.15, 0.2) is 0 Å². The second-order valence-corrected chi connectivity index (χ2v) is 18.4. The van der Waals surface area contributed by atoms with Gasteiger partial charge in [0, 0.05) is 6.92 Å². The fraction of sp³-hybridized carbons (Fsp3) is 0.913. The van der Waals surface area contributed by atoms with Crippen LogP contribution in [0.25, 0.3) is 0 Å². The molecule has 0 aromatic rings. The number of amides is 1. The van der Waals surface area contributed by atoms with Crippen LogP contribution in [0.4, 0.5) is 0 Å². The fourth-order valence-corrected chi connectivity index (χ4v) is 10.5. The van der Waals surface area contributed by atoms with Gasteiger partial charge in [0.1, 0.15) is 12.2 Å². The first-order chi connectivity index (χ1) is 15.6. The molecule has 1 fully saturated rings. The van der Waals surface area contributed by atoms with Crippen LogP contribution in [-0.4, -0.2) is 77.3 Å². The molecular weight excluding hydrogens is 458 g/mol. The number of hydrogen-bond donors (Lipinski definition) is 2. The smallest absolute Gasteiger partial charge is 0.337 e. The van der Waals surface area contributed by atoms with E-state index in [0.717, 1.165) is 36.3 Å². The molecule has 8 nitrogen and oxygen atoms in total. The summed E-state index contributed by atoms with van der Waals surface area (Å²) in [5.74, 6) is -0.849. The molecule has 1 aliphatic heterocycles. The lowest BCUT2D eigenvalue weighted by Gasteiger charge is -2.50. The van der Waals surface area contributed by atoms with Crippen molar-refractivity contribution in [3.63, 3.8) is 0 Å². The third-order valence-electron chi connectivity index (χ3n) is 7.40. The second kappa shape index (κ2) is 13.9. The highest BCUT2D eigenvalue weighted by Crippen LogP contribution is 2.36. The van der Waals surface area contributed by atoms with Gasteiger partial charge in [-0.3, -0.25) is 4.79 Å². The normalized spacial score (nSPS) is 26.2. The molecule has 194 valence electrons. The minimum atomic E-state index is -2.18. The first-order valence-corrected chi connectivity index (χ1v) is 17.8. The van der Waals surface area contributed by atoms with Gasteiger partial charge in [-0.25, -0.2) is 4.79 Å². The van der Waals surface area contributed by atoms with Crippen LogP contribution in [0.1, 0.15) is 55.4 Å². The van der Waals surface area contributed by atoms with Crippen molar-refractivity contribution in [2.24, 2.45) is 0 Å². The number of ether oxygens (including phenoxy) is 2. The lowest BCUT2D eigenvalue weighted by molar-refractivity contribution is -0.204. The summed E-state index contributed by atoms with van der Waals surface area (Å²) in [5.41, 5.74) is 0. The molecule has 0 aromatic heterocycles. The van der Waals surface area contributed by atoms with Crippen molar-refractivity contribution in [2.45, 2.75) is 122 Å². The average Bonchev–Trinajstić information content (AvgIpc) is 2.82. The van der Waals surface area contributed by atoms with Crippen LogP contribution >= 0.6 is 0 Å². The Bertz CT molecular complexity index is 597. The average molecular weight is 506 g/mol. The lowest BCUT2D eigenvalue weighted by atomic mass is 9.92. The van der Waals surface area contributed by atoms with Crippen LogP contribution in [0.3, 0.4) is 0 Å². The Labute approximate surface area is 202 Å². The number of hydrogen-bond acceptors (Lipinski definition) is 7. The Morgan fingerprint density at radius 3 is 1.67 bits per heavy atom. The molecule has 2 N–H and O–H groups in total. The first-order valence-electron chi connectivity index (χ1n) is 12.7. The molecule has 0 bridgehead atoms. The molecule has 0 radical (unpaired) electrons. The zero-order valence-electron chi connectivity index (χ0n) is 21.9. The van der Waals surface area contributed by atoms with E-state index < -0.39 is 53.1 Å². The molecule has 2 unspecified atom stereocenters. The van der Waals surface area contributed by atoms with Gasteiger partial charge < -0.3 is 28.7 Å². The summed E-state index contributed by atoms with van der Waals surface area (Å²) in [6.45, 7) is 15.9. The van der Waals surface area contributed by atoms with E-state index >= 15 is 0 Å². The maximum atomic E-state index is 12.9. The Hall–Kier alpha value is -0.786.